The fraction of sp³-hybridized carbons (Fsp3) is 0.333. The van der Waals surface area contributed by atoms with E-state index in [1.807, 2.05) is 43.3 Å². The summed E-state index contributed by atoms with van der Waals surface area (Å²) in [7, 11) is 0. The van der Waals surface area contributed by atoms with E-state index in [-0.39, 0.29) is 19.0 Å². The molecule has 0 saturated heterocycles. The van der Waals surface area contributed by atoms with E-state index in [9.17, 15) is 9.59 Å². The average molecular weight is 486 g/mol. The van der Waals surface area contributed by atoms with E-state index in [1.165, 1.54) is 0 Å². The summed E-state index contributed by atoms with van der Waals surface area (Å²) in [6, 6.07) is 11.2. The summed E-state index contributed by atoms with van der Waals surface area (Å²) in [6.45, 7) is 4.09. The Bertz CT molecular complexity index is 1080. The number of ether oxygens (including phenoxy) is 2. The average Bonchev–Trinajstić information content (AvgIpc) is 3.20. The first-order chi connectivity index (χ1) is 15.0. The highest BCUT2D eigenvalue weighted by Gasteiger charge is 2.40. The molecule has 0 bridgehead atoms. The Hall–Kier alpha value is -2.80. The van der Waals surface area contributed by atoms with Crippen molar-refractivity contribution in [3.8, 4) is 5.75 Å². The van der Waals surface area contributed by atoms with Gasteiger partial charge in [-0.3, -0.25) is 4.79 Å². The van der Waals surface area contributed by atoms with Gasteiger partial charge < -0.3 is 19.2 Å². The SMILES string of the molecule is CCOC(=O)C1=C(C)NC2=C(C(=O)CCC2)C1c1ccc(COc2cccc(Br)c2)o1. The number of hydrogen-bond acceptors (Lipinski definition) is 6. The second-order valence-corrected chi connectivity index (χ2v) is 8.45. The Balaban J connectivity index is 1.65. The number of dihydropyridines is 1. The largest absolute Gasteiger partial charge is 0.486 e. The molecule has 1 aromatic heterocycles. The number of hydrogen-bond donors (Lipinski definition) is 1. The van der Waals surface area contributed by atoms with Crippen LogP contribution in [0, 0.1) is 0 Å². The number of nitrogens with one attached hydrogen (secondary N) is 1. The lowest BCUT2D eigenvalue weighted by atomic mass is 9.77. The van der Waals surface area contributed by atoms with Gasteiger partial charge in [0.15, 0.2) is 5.78 Å². The first kappa shape index (κ1) is 21.4. The summed E-state index contributed by atoms with van der Waals surface area (Å²) in [5.74, 6) is 0.883. The van der Waals surface area contributed by atoms with Crippen LogP contribution in [-0.4, -0.2) is 18.4 Å². The number of benzene rings is 1. The molecule has 1 N–H and O–H groups in total. The van der Waals surface area contributed by atoms with Gasteiger partial charge in [0.1, 0.15) is 23.9 Å². The highest BCUT2D eigenvalue weighted by Crippen LogP contribution is 2.43. The van der Waals surface area contributed by atoms with Crippen LogP contribution < -0.4 is 10.1 Å². The van der Waals surface area contributed by atoms with Gasteiger partial charge in [-0.1, -0.05) is 22.0 Å². The molecule has 0 amide bonds. The summed E-state index contributed by atoms with van der Waals surface area (Å²) in [5, 5.41) is 3.26. The molecule has 1 aliphatic carbocycles. The fourth-order valence-corrected chi connectivity index (χ4v) is 4.46. The number of allylic oxidation sites excluding steroid dienone is 3. The minimum absolute atomic E-state index is 0.0383. The highest BCUT2D eigenvalue weighted by molar-refractivity contribution is 9.10. The van der Waals surface area contributed by atoms with Crippen molar-refractivity contribution in [1.29, 1.82) is 0 Å². The number of Topliss-reactive ketones (excluding diaryl/α,β-unsaturated/α-hetero) is 1. The van der Waals surface area contributed by atoms with Crippen LogP contribution in [0.15, 0.2) is 67.8 Å². The number of carbonyl (C=O) groups excluding carboxylic acids is 2. The van der Waals surface area contributed by atoms with E-state index in [1.54, 1.807) is 6.92 Å². The molecule has 0 saturated carbocycles. The third-order valence-corrected chi connectivity index (χ3v) is 5.91. The minimum Gasteiger partial charge on any atom is -0.486 e. The van der Waals surface area contributed by atoms with Crippen LogP contribution in [-0.2, 0) is 20.9 Å². The van der Waals surface area contributed by atoms with Crippen LogP contribution in [0.3, 0.4) is 0 Å². The lowest BCUT2D eigenvalue weighted by molar-refractivity contribution is -0.138. The van der Waals surface area contributed by atoms with E-state index < -0.39 is 11.9 Å². The molecular weight excluding hydrogens is 462 g/mol. The lowest BCUT2D eigenvalue weighted by Crippen LogP contribution is -2.34. The summed E-state index contributed by atoms with van der Waals surface area (Å²) in [6.07, 6.45) is 2.03. The van der Waals surface area contributed by atoms with Crippen LogP contribution in [0.25, 0.3) is 0 Å². The van der Waals surface area contributed by atoms with Gasteiger partial charge in [-0.25, -0.2) is 4.79 Å². The normalized spacial score (nSPS) is 18.5. The molecule has 1 atom stereocenters. The zero-order chi connectivity index (χ0) is 22.0. The maximum absolute atomic E-state index is 12.9. The van der Waals surface area contributed by atoms with E-state index in [0.29, 0.717) is 40.5 Å². The molecule has 2 heterocycles. The molecule has 4 rings (SSSR count). The van der Waals surface area contributed by atoms with Crippen LogP contribution in [0.2, 0.25) is 0 Å². The smallest absolute Gasteiger partial charge is 0.336 e. The molecule has 0 fully saturated rings. The van der Waals surface area contributed by atoms with Gasteiger partial charge in [-0.05, 0) is 57.0 Å². The Labute approximate surface area is 189 Å². The minimum atomic E-state index is -0.581. The molecular formula is C24H24BrNO5. The molecule has 7 heteroatoms. The van der Waals surface area contributed by atoms with Crippen LogP contribution in [0.5, 0.6) is 5.75 Å². The molecule has 6 nitrogen and oxygen atoms in total. The topological polar surface area (TPSA) is 77.8 Å². The van der Waals surface area contributed by atoms with Gasteiger partial charge in [0, 0.05) is 27.9 Å². The van der Waals surface area contributed by atoms with Crippen molar-refractivity contribution in [1.82, 2.24) is 5.32 Å². The molecule has 31 heavy (non-hydrogen) atoms. The van der Waals surface area contributed by atoms with Gasteiger partial charge in [-0.2, -0.15) is 0 Å². The molecule has 2 aliphatic rings. The van der Waals surface area contributed by atoms with Crippen molar-refractivity contribution in [3.63, 3.8) is 0 Å². The molecule has 1 aromatic carbocycles. The second kappa shape index (κ2) is 9.14. The van der Waals surface area contributed by atoms with Gasteiger partial charge in [0.25, 0.3) is 0 Å². The first-order valence-electron chi connectivity index (χ1n) is 10.4. The van der Waals surface area contributed by atoms with Crippen molar-refractivity contribution in [2.45, 2.75) is 45.6 Å². The van der Waals surface area contributed by atoms with Crippen molar-refractivity contribution in [3.05, 3.63) is 74.9 Å². The Morgan fingerprint density at radius 3 is 2.87 bits per heavy atom. The number of rotatable bonds is 6. The van der Waals surface area contributed by atoms with Gasteiger partial charge >= 0.3 is 5.97 Å². The summed E-state index contributed by atoms with van der Waals surface area (Å²) in [5.41, 5.74) is 2.59. The standard InChI is InChI=1S/C24H24BrNO5/c1-3-29-24(28)21-14(2)26-18-8-5-9-19(27)22(18)23(21)20-11-10-17(31-20)13-30-16-7-4-6-15(25)12-16/h4,6-7,10-12,23,26H,3,5,8-9,13H2,1-2H3. The van der Waals surface area contributed by atoms with Crippen LogP contribution in [0.1, 0.15) is 50.5 Å². The quantitative estimate of drug-likeness (QED) is 0.569. The maximum Gasteiger partial charge on any atom is 0.336 e. The zero-order valence-corrected chi connectivity index (χ0v) is 19.1. The van der Waals surface area contributed by atoms with Crippen molar-refractivity contribution >= 4 is 27.7 Å². The highest BCUT2D eigenvalue weighted by atomic mass is 79.9. The van der Waals surface area contributed by atoms with E-state index in [0.717, 1.165) is 23.0 Å². The summed E-state index contributed by atoms with van der Waals surface area (Å²) in [4.78, 5) is 25.6. The second-order valence-electron chi connectivity index (χ2n) is 7.54. The predicted octanol–water partition coefficient (Wildman–Crippen LogP) is 5.15. The van der Waals surface area contributed by atoms with Gasteiger partial charge in [0.2, 0.25) is 0 Å². The molecule has 1 unspecified atom stereocenters. The fourth-order valence-electron chi connectivity index (χ4n) is 4.09. The Kier molecular flexibility index (Phi) is 6.32. The summed E-state index contributed by atoms with van der Waals surface area (Å²) < 4.78 is 18.1. The van der Waals surface area contributed by atoms with E-state index in [2.05, 4.69) is 21.2 Å². The lowest BCUT2D eigenvalue weighted by Gasteiger charge is -2.32. The molecule has 2 aromatic rings. The Morgan fingerprint density at radius 1 is 1.26 bits per heavy atom. The van der Waals surface area contributed by atoms with Crippen LogP contribution >= 0.6 is 15.9 Å². The number of carbonyl (C=O) groups is 2. The van der Waals surface area contributed by atoms with Crippen molar-refractivity contribution in [2.24, 2.45) is 0 Å². The van der Waals surface area contributed by atoms with E-state index in [4.69, 9.17) is 13.9 Å². The number of esters is 1. The number of ketones is 1. The van der Waals surface area contributed by atoms with Gasteiger partial charge in [0.05, 0.1) is 18.1 Å². The van der Waals surface area contributed by atoms with E-state index >= 15 is 0 Å². The predicted molar refractivity (Wildman–Crippen MR) is 118 cm³/mol. The number of furan rings is 1. The van der Waals surface area contributed by atoms with Crippen LogP contribution in [0.4, 0.5) is 0 Å². The monoisotopic (exact) mass is 485 g/mol. The third kappa shape index (κ3) is 4.46. The summed E-state index contributed by atoms with van der Waals surface area (Å²) >= 11 is 3.43. The third-order valence-electron chi connectivity index (χ3n) is 5.42. The Morgan fingerprint density at radius 2 is 2.10 bits per heavy atom. The maximum atomic E-state index is 12.9. The zero-order valence-electron chi connectivity index (χ0n) is 17.5. The van der Waals surface area contributed by atoms with Gasteiger partial charge in [-0.15, -0.1) is 0 Å². The molecule has 1 aliphatic heterocycles. The van der Waals surface area contributed by atoms with Crippen molar-refractivity contribution < 1.29 is 23.5 Å². The number of halogens is 1. The first-order valence-corrected chi connectivity index (χ1v) is 11.1. The molecule has 0 spiro atoms. The molecule has 0 radical (unpaired) electrons. The molecule has 162 valence electrons. The van der Waals surface area contributed by atoms with Crippen molar-refractivity contribution in [2.75, 3.05) is 6.61 Å².